The molecule has 0 amide bonds. The SMILES string of the molecule is N#CCNCC1CCCSC1. The van der Waals surface area contributed by atoms with Crippen molar-refractivity contribution in [3.05, 3.63) is 0 Å². The summed E-state index contributed by atoms with van der Waals surface area (Å²) in [6.45, 7) is 1.53. The highest BCUT2D eigenvalue weighted by Gasteiger charge is 2.12. The highest BCUT2D eigenvalue weighted by Crippen LogP contribution is 2.21. The number of rotatable bonds is 3. The first-order chi connectivity index (χ1) is 5.43. The fourth-order valence-corrected chi connectivity index (χ4v) is 2.46. The maximum absolute atomic E-state index is 8.28. The Bertz CT molecular complexity index is 136. The minimum Gasteiger partial charge on any atom is -0.304 e. The summed E-state index contributed by atoms with van der Waals surface area (Å²) in [6.07, 6.45) is 2.69. The molecule has 2 nitrogen and oxygen atoms in total. The molecule has 62 valence electrons. The number of nitrogens with one attached hydrogen (secondary N) is 1. The molecule has 1 rings (SSSR count). The van der Waals surface area contributed by atoms with Crippen LogP contribution in [0.5, 0.6) is 0 Å². The van der Waals surface area contributed by atoms with Gasteiger partial charge in [0.1, 0.15) is 0 Å². The van der Waals surface area contributed by atoms with Gasteiger partial charge in [0.05, 0.1) is 12.6 Å². The molecule has 1 aliphatic heterocycles. The molecule has 1 saturated heterocycles. The van der Waals surface area contributed by atoms with Crippen LogP contribution in [0.3, 0.4) is 0 Å². The van der Waals surface area contributed by atoms with Gasteiger partial charge >= 0.3 is 0 Å². The Balaban J connectivity index is 2.01. The third-order valence-corrected chi connectivity index (χ3v) is 3.18. The Hall–Kier alpha value is -0.200. The summed E-state index contributed by atoms with van der Waals surface area (Å²) < 4.78 is 0. The maximum atomic E-state index is 8.28. The molecule has 1 heterocycles. The van der Waals surface area contributed by atoms with Gasteiger partial charge in [0, 0.05) is 0 Å². The van der Waals surface area contributed by atoms with Gasteiger partial charge in [-0.15, -0.1) is 0 Å². The zero-order valence-corrected chi connectivity index (χ0v) is 7.49. The third-order valence-electron chi connectivity index (χ3n) is 1.89. The van der Waals surface area contributed by atoms with E-state index in [9.17, 15) is 0 Å². The highest BCUT2D eigenvalue weighted by molar-refractivity contribution is 7.99. The van der Waals surface area contributed by atoms with E-state index in [0.29, 0.717) is 6.54 Å². The van der Waals surface area contributed by atoms with Crippen molar-refractivity contribution in [2.24, 2.45) is 5.92 Å². The fraction of sp³-hybridized carbons (Fsp3) is 0.875. The molecule has 0 radical (unpaired) electrons. The van der Waals surface area contributed by atoms with Crippen molar-refractivity contribution in [2.45, 2.75) is 12.8 Å². The number of thioether (sulfide) groups is 1. The average molecular weight is 170 g/mol. The summed E-state index contributed by atoms with van der Waals surface area (Å²) in [7, 11) is 0. The van der Waals surface area contributed by atoms with E-state index in [1.807, 2.05) is 11.8 Å². The van der Waals surface area contributed by atoms with E-state index in [1.165, 1.54) is 24.3 Å². The third kappa shape index (κ3) is 3.64. The van der Waals surface area contributed by atoms with Gasteiger partial charge in [0.25, 0.3) is 0 Å². The van der Waals surface area contributed by atoms with Crippen molar-refractivity contribution in [1.82, 2.24) is 5.32 Å². The molecule has 0 aromatic carbocycles. The van der Waals surface area contributed by atoms with Crippen molar-refractivity contribution >= 4 is 11.8 Å². The molecule has 0 bridgehead atoms. The van der Waals surface area contributed by atoms with Crippen LogP contribution in [0, 0.1) is 17.2 Å². The van der Waals surface area contributed by atoms with E-state index in [0.717, 1.165) is 12.5 Å². The standard InChI is InChI=1S/C8H14N2S/c9-3-4-10-6-8-2-1-5-11-7-8/h8,10H,1-2,4-7H2. The Labute approximate surface area is 72.4 Å². The predicted octanol–water partition coefficient (Wildman–Crippen LogP) is 1.24. The van der Waals surface area contributed by atoms with E-state index in [4.69, 9.17) is 5.26 Å². The second kappa shape index (κ2) is 5.45. The Kier molecular flexibility index (Phi) is 4.41. The maximum Gasteiger partial charge on any atom is 0.0841 e. The summed E-state index contributed by atoms with van der Waals surface area (Å²) in [6, 6.07) is 2.09. The van der Waals surface area contributed by atoms with Gasteiger partial charge in [-0.05, 0) is 36.8 Å². The van der Waals surface area contributed by atoms with E-state index < -0.39 is 0 Å². The van der Waals surface area contributed by atoms with Crippen LogP contribution in [0.15, 0.2) is 0 Å². The first kappa shape index (κ1) is 8.89. The predicted molar refractivity (Wildman–Crippen MR) is 48.5 cm³/mol. The van der Waals surface area contributed by atoms with E-state index >= 15 is 0 Å². The van der Waals surface area contributed by atoms with Crippen molar-refractivity contribution in [3.8, 4) is 6.07 Å². The van der Waals surface area contributed by atoms with Crippen molar-refractivity contribution in [3.63, 3.8) is 0 Å². The van der Waals surface area contributed by atoms with Crippen molar-refractivity contribution < 1.29 is 0 Å². The minimum absolute atomic E-state index is 0.501. The summed E-state index contributed by atoms with van der Waals surface area (Å²) in [4.78, 5) is 0. The summed E-state index contributed by atoms with van der Waals surface area (Å²) >= 11 is 2.04. The van der Waals surface area contributed by atoms with Crippen LogP contribution in [-0.4, -0.2) is 24.6 Å². The molecule has 0 spiro atoms. The molecule has 1 N–H and O–H groups in total. The monoisotopic (exact) mass is 170 g/mol. The quantitative estimate of drug-likeness (QED) is 0.511. The average Bonchev–Trinajstić information content (AvgIpc) is 2.07. The van der Waals surface area contributed by atoms with Crippen LogP contribution in [0.1, 0.15) is 12.8 Å². The molecule has 0 saturated carbocycles. The molecular weight excluding hydrogens is 156 g/mol. The molecule has 3 heteroatoms. The molecular formula is C8H14N2S. The smallest absolute Gasteiger partial charge is 0.0841 e. The Morgan fingerprint density at radius 2 is 2.55 bits per heavy atom. The van der Waals surface area contributed by atoms with Gasteiger partial charge in [-0.2, -0.15) is 17.0 Å². The number of hydrogen-bond donors (Lipinski definition) is 1. The van der Waals surface area contributed by atoms with Crippen LogP contribution in [0.4, 0.5) is 0 Å². The summed E-state index contributed by atoms with van der Waals surface area (Å²) in [5.41, 5.74) is 0. The van der Waals surface area contributed by atoms with Gasteiger partial charge in [0.2, 0.25) is 0 Å². The van der Waals surface area contributed by atoms with Crippen LogP contribution in [-0.2, 0) is 0 Å². The normalized spacial score (nSPS) is 24.5. The van der Waals surface area contributed by atoms with Crippen LogP contribution in [0.25, 0.3) is 0 Å². The molecule has 11 heavy (non-hydrogen) atoms. The van der Waals surface area contributed by atoms with Crippen molar-refractivity contribution in [2.75, 3.05) is 24.6 Å². The lowest BCUT2D eigenvalue weighted by molar-refractivity contribution is 0.489. The minimum atomic E-state index is 0.501. The van der Waals surface area contributed by atoms with Crippen LogP contribution >= 0.6 is 11.8 Å². The highest BCUT2D eigenvalue weighted by atomic mass is 32.2. The summed E-state index contributed by atoms with van der Waals surface area (Å²) in [5, 5.41) is 11.4. The largest absolute Gasteiger partial charge is 0.304 e. The zero-order chi connectivity index (χ0) is 7.94. The van der Waals surface area contributed by atoms with E-state index in [-0.39, 0.29) is 0 Å². The number of nitrogens with zero attached hydrogens (tertiary/aromatic N) is 1. The first-order valence-corrected chi connectivity index (χ1v) is 5.24. The first-order valence-electron chi connectivity index (χ1n) is 4.09. The molecule has 1 aliphatic rings. The van der Waals surface area contributed by atoms with Gasteiger partial charge < -0.3 is 5.32 Å². The topological polar surface area (TPSA) is 35.8 Å². The number of nitriles is 1. The van der Waals surface area contributed by atoms with Gasteiger partial charge in [0.15, 0.2) is 0 Å². The second-order valence-corrected chi connectivity index (χ2v) is 4.02. The lowest BCUT2D eigenvalue weighted by atomic mass is 10.1. The lowest BCUT2D eigenvalue weighted by Gasteiger charge is -2.20. The fourth-order valence-electron chi connectivity index (χ4n) is 1.30. The second-order valence-electron chi connectivity index (χ2n) is 2.87. The van der Waals surface area contributed by atoms with Gasteiger partial charge in [-0.25, -0.2) is 0 Å². The zero-order valence-electron chi connectivity index (χ0n) is 6.68. The lowest BCUT2D eigenvalue weighted by Crippen LogP contribution is -2.26. The van der Waals surface area contributed by atoms with Gasteiger partial charge in [-0.3, -0.25) is 0 Å². The summed E-state index contributed by atoms with van der Waals surface area (Å²) in [5.74, 6) is 3.41. The van der Waals surface area contributed by atoms with Gasteiger partial charge in [-0.1, -0.05) is 0 Å². The molecule has 1 atom stereocenters. The Morgan fingerprint density at radius 3 is 3.18 bits per heavy atom. The molecule has 1 fully saturated rings. The molecule has 0 aromatic rings. The molecule has 0 aromatic heterocycles. The van der Waals surface area contributed by atoms with Crippen molar-refractivity contribution in [1.29, 1.82) is 5.26 Å². The van der Waals surface area contributed by atoms with E-state index in [2.05, 4.69) is 11.4 Å². The molecule has 1 unspecified atom stereocenters. The van der Waals surface area contributed by atoms with Crippen LogP contribution < -0.4 is 5.32 Å². The molecule has 0 aliphatic carbocycles. The van der Waals surface area contributed by atoms with E-state index in [1.54, 1.807) is 0 Å². The number of hydrogen-bond acceptors (Lipinski definition) is 3. The van der Waals surface area contributed by atoms with Crippen LogP contribution in [0.2, 0.25) is 0 Å². The Morgan fingerprint density at radius 1 is 1.64 bits per heavy atom.